The van der Waals surface area contributed by atoms with E-state index in [9.17, 15) is 19.8 Å². The molecular weight excluding hydrogens is 652 g/mol. The summed E-state index contributed by atoms with van der Waals surface area (Å²) in [6.07, 6.45) is 5.46. The molecule has 0 aliphatic carbocycles. The number of carbonyl (C=O) groups excluding carboxylic acids is 2. The number of anilines is 2. The van der Waals surface area contributed by atoms with Gasteiger partial charge in [0.25, 0.3) is 11.6 Å². The number of aromatic amines is 2. The summed E-state index contributed by atoms with van der Waals surface area (Å²) in [5.41, 5.74) is 14.7. The normalized spacial score (nSPS) is 11.3. The van der Waals surface area contributed by atoms with E-state index >= 15 is 0 Å². The van der Waals surface area contributed by atoms with Gasteiger partial charge in [0, 0.05) is 61.1 Å². The van der Waals surface area contributed by atoms with E-state index in [1.165, 1.54) is 31.4 Å². The van der Waals surface area contributed by atoms with Crippen molar-refractivity contribution in [3.63, 3.8) is 0 Å². The van der Waals surface area contributed by atoms with E-state index in [4.69, 9.17) is 42.1 Å². The van der Waals surface area contributed by atoms with Crippen molar-refractivity contribution in [3.05, 3.63) is 87.0 Å². The van der Waals surface area contributed by atoms with Crippen LogP contribution in [0.25, 0.3) is 0 Å². The fourth-order valence-electron chi connectivity index (χ4n) is 3.38. The minimum atomic E-state index is -1.75. The lowest BCUT2D eigenvalue weighted by molar-refractivity contribution is -0.403. The predicted molar refractivity (Wildman–Crippen MR) is 168 cm³/mol. The number of aliphatic hydroxyl groups excluding tert-OH is 2. The first-order chi connectivity index (χ1) is 21.6. The summed E-state index contributed by atoms with van der Waals surface area (Å²) in [6, 6.07) is 0. The van der Waals surface area contributed by atoms with E-state index in [1.807, 2.05) is 0 Å². The van der Waals surface area contributed by atoms with E-state index in [0.717, 1.165) is 9.81 Å². The van der Waals surface area contributed by atoms with Crippen LogP contribution in [0.15, 0.2) is 33.6 Å². The van der Waals surface area contributed by atoms with Crippen LogP contribution in [-0.4, -0.2) is 66.2 Å². The minimum Gasteiger partial charge on any atom is -0.396 e. The Morgan fingerprint density at radius 3 is 1.35 bits per heavy atom. The minimum absolute atomic E-state index is 0.121. The fraction of sp³-hybridized carbons (Fsp3) is 0.417. The van der Waals surface area contributed by atoms with Gasteiger partial charge in [-0.05, 0) is 23.8 Å². The number of hydrogen-bond donors (Lipinski definition) is 4. The Hall–Kier alpha value is -4.80. The number of nitrogens with two attached hydrogens (primary N) is 2. The number of rotatable bonds is 15. The Labute approximate surface area is 270 Å². The van der Waals surface area contributed by atoms with Gasteiger partial charge >= 0.3 is 0 Å². The van der Waals surface area contributed by atoms with Crippen LogP contribution >= 0.6 is 21.6 Å². The molecule has 0 bridgehead atoms. The molecule has 2 aromatic rings. The van der Waals surface area contributed by atoms with E-state index in [0.29, 0.717) is 71.5 Å². The molecule has 0 saturated heterocycles. The molecule has 0 radical (unpaired) electrons. The average molecular weight is 689 g/mol. The Kier molecular flexibility index (Phi) is 19.5. The van der Waals surface area contributed by atoms with E-state index < -0.39 is 10.2 Å². The first kappa shape index (κ1) is 41.2. The molecule has 0 aromatic carbocycles. The van der Waals surface area contributed by atoms with Crippen LogP contribution in [0.4, 0.5) is 11.6 Å². The molecule has 0 fully saturated rings. The van der Waals surface area contributed by atoms with Gasteiger partial charge in [-0.3, -0.25) is 9.59 Å². The summed E-state index contributed by atoms with van der Waals surface area (Å²) in [4.78, 5) is 59.4. The molecule has 0 unspecified atom stereocenters. The zero-order chi connectivity index (χ0) is 35.4. The maximum atomic E-state index is 12.0. The van der Waals surface area contributed by atoms with Crippen molar-refractivity contribution >= 4 is 46.0 Å². The number of amides is 2. The second-order valence-corrected chi connectivity index (χ2v) is 11.2. The van der Waals surface area contributed by atoms with Crippen LogP contribution < -0.4 is 21.4 Å². The Morgan fingerprint density at radius 1 is 0.804 bits per heavy atom. The first-order valence-corrected chi connectivity index (χ1v) is 15.1. The topological polar surface area (TPSA) is 320 Å². The zero-order valence-corrected chi connectivity index (χ0v) is 27.0. The third kappa shape index (κ3) is 15.8. The van der Waals surface area contributed by atoms with Crippen LogP contribution in [-0.2, 0) is 22.7 Å². The van der Waals surface area contributed by atoms with Gasteiger partial charge in [-0.1, -0.05) is 21.6 Å². The standard InChI is InChI=1S/C24H34N8O4S2.2NO3/c1-15(31(13-35)11-19-9-27-17(3)29-23(19)25)21(5-7-33)37-38-22(6-8-34)16(2)32(14-36)12-20-10-28-18(4)30-24(20)26;2*2-1(3)4/h9-10,13-14,33-34H,5-8,11-12H2,1-4H3,(H2,25,27,29)(H2,26,28,30);;/q;2*-1/p+2/b21-15-,22-16-;;. The van der Waals surface area contributed by atoms with Crippen LogP contribution in [0, 0.1) is 44.5 Å². The van der Waals surface area contributed by atoms with Gasteiger partial charge in [0.05, 0.1) is 46.8 Å². The van der Waals surface area contributed by atoms with Gasteiger partial charge in [0.1, 0.15) is 0 Å². The molecule has 0 spiro atoms. The SMILES string of the molecule is C/C(=C(\CCO)SS/C(CCO)=C(/C)N(C=O)Cc1c[nH+]c(C)nc1N)N(C=O)Cc1c[nH+]c(C)nc1N.O=[N+]([O-])[O-].O=[N+]([O-])[O-]. The summed E-state index contributed by atoms with van der Waals surface area (Å²) in [5.74, 6) is 1.97. The van der Waals surface area contributed by atoms with Crippen molar-refractivity contribution in [3.8, 4) is 0 Å². The number of aliphatic hydroxyl groups is 2. The number of allylic oxidation sites excluding steroid dienone is 2. The number of aromatic nitrogens is 4. The number of nitrogens with zero attached hydrogens (tertiary/aromatic N) is 6. The summed E-state index contributed by atoms with van der Waals surface area (Å²) < 4.78 is 0. The Bertz CT molecular complexity index is 1290. The Morgan fingerprint density at radius 2 is 1.11 bits per heavy atom. The molecule has 22 heteroatoms. The number of aryl methyl sites for hydroxylation is 2. The second kappa shape index (κ2) is 21.8. The van der Waals surface area contributed by atoms with Gasteiger partial charge < -0.3 is 62.1 Å². The van der Waals surface area contributed by atoms with Gasteiger partial charge in [-0.2, -0.15) is 0 Å². The largest absolute Gasteiger partial charge is 0.396 e. The quantitative estimate of drug-likeness (QED) is 0.0862. The molecule has 0 atom stereocenters. The highest BCUT2D eigenvalue weighted by Crippen LogP contribution is 2.42. The molecule has 254 valence electrons. The smallest absolute Gasteiger partial charge is 0.295 e. The predicted octanol–water partition coefficient (Wildman–Crippen LogP) is 0.634. The molecule has 0 aliphatic heterocycles. The number of H-pyrrole nitrogens is 2. The summed E-state index contributed by atoms with van der Waals surface area (Å²) in [6.45, 7) is 7.30. The molecule has 2 amide bonds. The number of nitrogen functional groups attached to an aromatic ring is 2. The first-order valence-electron chi connectivity index (χ1n) is 12.9. The lowest BCUT2D eigenvalue weighted by Gasteiger charge is -2.23. The third-order valence-corrected chi connectivity index (χ3v) is 8.61. The van der Waals surface area contributed by atoms with Crippen molar-refractivity contribution in [2.75, 3.05) is 24.7 Å². The van der Waals surface area contributed by atoms with E-state index in [1.54, 1.807) is 40.1 Å². The molecule has 0 aliphatic rings. The monoisotopic (exact) mass is 688 g/mol. The van der Waals surface area contributed by atoms with Gasteiger partial charge in [0.15, 0.2) is 0 Å². The van der Waals surface area contributed by atoms with Crippen LogP contribution in [0.3, 0.4) is 0 Å². The van der Waals surface area contributed by atoms with Crippen molar-refractivity contribution in [2.45, 2.75) is 53.6 Å². The van der Waals surface area contributed by atoms with Crippen molar-refractivity contribution in [2.24, 2.45) is 0 Å². The molecule has 2 aromatic heterocycles. The fourth-order valence-corrected chi connectivity index (χ4v) is 6.23. The van der Waals surface area contributed by atoms with Crippen molar-refractivity contribution in [1.29, 1.82) is 0 Å². The highest BCUT2D eigenvalue weighted by Gasteiger charge is 2.20. The summed E-state index contributed by atoms with van der Waals surface area (Å²) in [7, 11) is 2.71. The maximum absolute atomic E-state index is 12.0. The highest BCUT2D eigenvalue weighted by molar-refractivity contribution is 8.79. The van der Waals surface area contributed by atoms with Gasteiger partial charge in [-0.25, -0.2) is 9.97 Å². The average Bonchev–Trinajstić information content (AvgIpc) is 2.96. The Balaban J connectivity index is 0.00000226. The molecule has 2 rings (SSSR count). The molecule has 46 heavy (non-hydrogen) atoms. The number of carbonyl (C=O) groups is 2. The van der Waals surface area contributed by atoms with Crippen LogP contribution in [0.1, 0.15) is 49.5 Å². The molecule has 8 N–H and O–H groups in total. The molecule has 20 nitrogen and oxygen atoms in total. The van der Waals surface area contributed by atoms with Gasteiger partial charge in [0.2, 0.25) is 24.5 Å². The second-order valence-electron chi connectivity index (χ2n) is 8.84. The molecular formula is C24H36N10O10S2. The van der Waals surface area contributed by atoms with Crippen molar-refractivity contribution in [1.82, 2.24) is 19.8 Å². The van der Waals surface area contributed by atoms with E-state index in [-0.39, 0.29) is 26.3 Å². The van der Waals surface area contributed by atoms with E-state index in [2.05, 4.69) is 19.9 Å². The number of hydrogen-bond acceptors (Lipinski definition) is 16. The molecule has 0 saturated carbocycles. The summed E-state index contributed by atoms with van der Waals surface area (Å²) in [5, 5.41) is 48.9. The van der Waals surface area contributed by atoms with Crippen LogP contribution in [0.5, 0.6) is 0 Å². The molecule has 2 heterocycles. The zero-order valence-electron chi connectivity index (χ0n) is 25.4. The third-order valence-electron chi connectivity index (χ3n) is 5.67. The lowest BCUT2D eigenvalue weighted by Crippen LogP contribution is -2.24. The highest BCUT2D eigenvalue weighted by atomic mass is 33.1. The summed E-state index contributed by atoms with van der Waals surface area (Å²) >= 11 is 0. The number of nitrogens with one attached hydrogen (secondary N) is 2. The van der Waals surface area contributed by atoms with Crippen molar-refractivity contribution < 1.29 is 39.9 Å². The lowest BCUT2D eigenvalue weighted by atomic mass is 10.2. The van der Waals surface area contributed by atoms with Crippen LogP contribution in [0.2, 0.25) is 0 Å². The van der Waals surface area contributed by atoms with Gasteiger partial charge in [-0.15, -0.1) is 0 Å². The maximum Gasteiger partial charge on any atom is 0.295 e.